The first-order valence-corrected chi connectivity index (χ1v) is 7.69. The molecule has 0 saturated heterocycles. The zero-order valence-corrected chi connectivity index (χ0v) is 13.0. The molecule has 1 aliphatic rings. The van der Waals surface area contributed by atoms with Gasteiger partial charge < -0.3 is 10.0 Å². The third kappa shape index (κ3) is 4.06. The molecule has 120 valence electrons. The number of carbonyl (C=O) groups excluding carboxylic acids is 1. The van der Waals surface area contributed by atoms with Gasteiger partial charge in [-0.05, 0) is 50.3 Å². The zero-order valence-electron chi connectivity index (χ0n) is 13.0. The van der Waals surface area contributed by atoms with Crippen molar-refractivity contribution in [3.63, 3.8) is 0 Å². The average molecular weight is 307 g/mol. The molecule has 2 rings (SSSR count). The molecular formula is C17H22FNO3. The van der Waals surface area contributed by atoms with E-state index in [9.17, 15) is 14.0 Å². The summed E-state index contributed by atoms with van der Waals surface area (Å²) in [5.41, 5.74) is 0.851. The van der Waals surface area contributed by atoms with E-state index in [0.717, 1.165) is 18.4 Å². The highest BCUT2D eigenvalue weighted by molar-refractivity contribution is 5.85. The zero-order chi connectivity index (χ0) is 16.3. The fourth-order valence-corrected chi connectivity index (χ4v) is 2.61. The van der Waals surface area contributed by atoms with Crippen molar-refractivity contribution in [2.45, 2.75) is 51.6 Å². The van der Waals surface area contributed by atoms with Gasteiger partial charge in [0.1, 0.15) is 11.9 Å². The van der Waals surface area contributed by atoms with Crippen molar-refractivity contribution in [1.29, 1.82) is 0 Å². The molecule has 1 aromatic carbocycles. The van der Waals surface area contributed by atoms with Crippen LogP contribution in [0.2, 0.25) is 0 Å². The predicted octanol–water partition coefficient (Wildman–Crippen LogP) is 2.86. The molecule has 0 bridgehead atoms. The van der Waals surface area contributed by atoms with Gasteiger partial charge in [-0.3, -0.25) is 4.79 Å². The Morgan fingerprint density at radius 1 is 1.36 bits per heavy atom. The normalized spacial score (nSPS) is 16.9. The summed E-state index contributed by atoms with van der Waals surface area (Å²) in [4.78, 5) is 25.2. The summed E-state index contributed by atoms with van der Waals surface area (Å²) in [6, 6.07) is 5.61. The van der Waals surface area contributed by atoms with Crippen molar-refractivity contribution in [2.75, 3.05) is 0 Å². The average Bonchev–Trinajstić information content (AvgIpc) is 3.29. The summed E-state index contributed by atoms with van der Waals surface area (Å²) >= 11 is 0. The lowest BCUT2D eigenvalue weighted by Gasteiger charge is -2.29. The molecule has 0 aromatic heterocycles. The van der Waals surface area contributed by atoms with E-state index in [-0.39, 0.29) is 23.7 Å². The molecule has 4 nitrogen and oxygen atoms in total. The molecule has 1 fully saturated rings. The van der Waals surface area contributed by atoms with Crippen molar-refractivity contribution in [3.8, 4) is 0 Å². The quantitative estimate of drug-likeness (QED) is 0.842. The molecule has 5 heteroatoms. The number of rotatable bonds is 7. The van der Waals surface area contributed by atoms with E-state index in [4.69, 9.17) is 5.11 Å². The lowest BCUT2D eigenvalue weighted by Crippen LogP contribution is -2.47. The summed E-state index contributed by atoms with van der Waals surface area (Å²) in [5, 5.41) is 9.16. The molecule has 0 radical (unpaired) electrons. The number of carboxylic acids is 1. The molecule has 2 unspecified atom stereocenters. The van der Waals surface area contributed by atoms with Crippen molar-refractivity contribution in [1.82, 2.24) is 4.90 Å². The topological polar surface area (TPSA) is 57.6 Å². The lowest BCUT2D eigenvalue weighted by molar-refractivity contribution is -0.151. The van der Waals surface area contributed by atoms with Gasteiger partial charge in [0.05, 0.1) is 0 Å². The molecule has 2 atom stereocenters. The Bertz CT molecular complexity index is 557. The van der Waals surface area contributed by atoms with Crippen LogP contribution in [-0.2, 0) is 16.0 Å². The van der Waals surface area contributed by atoms with E-state index in [1.807, 2.05) is 13.0 Å². The van der Waals surface area contributed by atoms with E-state index in [2.05, 4.69) is 0 Å². The fourth-order valence-electron chi connectivity index (χ4n) is 2.61. The van der Waals surface area contributed by atoms with Crippen LogP contribution in [0.5, 0.6) is 0 Å². The number of halogens is 1. The molecule has 22 heavy (non-hydrogen) atoms. The van der Waals surface area contributed by atoms with Crippen LogP contribution in [0.1, 0.15) is 38.7 Å². The largest absolute Gasteiger partial charge is 0.480 e. The van der Waals surface area contributed by atoms with Crippen LogP contribution in [0, 0.1) is 11.7 Å². The standard InChI is InChI=1S/C17H22FNO3/c1-11(6-7-13-4-3-5-14(18)10-13)16(20)19(15-8-9-15)12(2)17(21)22/h3-5,10-12,15H,6-9H2,1-2H3,(H,21,22). The summed E-state index contributed by atoms with van der Waals surface area (Å²) in [6.07, 6.45) is 2.93. The van der Waals surface area contributed by atoms with E-state index in [1.54, 1.807) is 13.0 Å². The number of amides is 1. The highest BCUT2D eigenvalue weighted by atomic mass is 19.1. The van der Waals surface area contributed by atoms with Gasteiger partial charge in [0, 0.05) is 12.0 Å². The number of carbonyl (C=O) groups is 2. The second-order valence-corrected chi connectivity index (χ2v) is 6.06. The SMILES string of the molecule is CC(CCc1cccc(F)c1)C(=O)N(C1CC1)C(C)C(=O)O. The Morgan fingerprint density at radius 2 is 2.05 bits per heavy atom. The van der Waals surface area contributed by atoms with Crippen LogP contribution >= 0.6 is 0 Å². The maximum atomic E-state index is 13.1. The maximum Gasteiger partial charge on any atom is 0.326 e. The minimum Gasteiger partial charge on any atom is -0.480 e. The monoisotopic (exact) mass is 307 g/mol. The second kappa shape index (κ2) is 6.90. The minimum absolute atomic E-state index is 0.0650. The van der Waals surface area contributed by atoms with Gasteiger partial charge in [-0.1, -0.05) is 19.1 Å². The third-order valence-electron chi connectivity index (χ3n) is 4.15. The number of hydrogen-bond donors (Lipinski definition) is 1. The number of aryl methyl sites for hydroxylation is 1. The molecular weight excluding hydrogens is 285 g/mol. The lowest BCUT2D eigenvalue weighted by atomic mass is 9.99. The van der Waals surface area contributed by atoms with Gasteiger partial charge in [0.15, 0.2) is 0 Å². The van der Waals surface area contributed by atoms with Gasteiger partial charge >= 0.3 is 5.97 Å². The third-order valence-corrected chi connectivity index (χ3v) is 4.15. The molecule has 0 aliphatic heterocycles. The van der Waals surface area contributed by atoms with Crippen molar-refractivity contribution in [2.24, 2.45) is 5.92 Å². The second-order valence-electron chi connectivity index (χ2n) is 6.06. The van der Waals surface area contributed by atoms with Gasteiger partial charge in [-0.15, -0.1) is 0 Å². The number of benzene rings is 1. The number of aliphatic carboxylic acids is 1. The molecule has 1 N–H and O–H groups in total. The highest BCUT2D eigenvalue weighted by Crippen LogP contribution is 2.30. The van der Waals surface area contributed by atoms with Crippen molar-refractivity contribution in [3.05, 3.63) is 35.6 Å². The van der Waals surface area contributed by atoms with Crippen LogP contribution in [-0.4, -0.2) is 34.0 Å². The van der Waals surface area contributed by atoms with E-state index in [1.165, 1.54) is 17.0 Å². The number of nitrogens with zero attached hydrogens (tertiary/aromatic N) is 1. The van der Waals surface area contributed by atoms with Crippen LogP contribution in [0.3, 0.4) is 0 Å². The van der Waals surface area contributed by atoms with E-state index >= 15 is 0 Å². The summed E-state index contributed by atoms with van der Waals surface area (Å²) < 4.78 is 13.1. The number of hydrogen-bond acceptors (Lipinski definition) is 2. The van der Waals surface area contributed by atoms with Crippen LogP contribution < -0.4 is 0 Å². The summed E-state index contributed by atoms with van der Waals surface area (Å²) in [5.74, 6) is -1.65. The highest BCUT2D eigenvalue weighted by Gasteiger charge is 2.39. The predicted molar refractivity (Wildman–Crippen MR) is 80.9 cm³/mol. The van der Waals surface area contributed by atoms with Gasteiger partial charge in [-0.2, -0.15) is 0 Å². The summed E-state index contributed by atoms with van der Waals surface area (Å²) in [7, 11) is 0. The molecule has 1 aliphatic carbocycles. The number of carboxylic acid groups (broad SMARTS) is 1. The Morgan fingerprint density at radius 3 is 2.59 bits per heavy atom. The van der Waals surface area contributed by atoms with Crippen LogP contribution in [0.4, 0.5) is 4.39 Å². The van der Waals surface area contributed by atoms with Gasteiger partial charge in [-0.25, -0.2) is 9.18 Å². The van der Waals surface area contributed by atoms with E-state index < -0.39 is 12.0 Å². The van der Waals surface area contributed by atoms with Crippen molar-refractivity contribution < 1.29 is 19.1 Å². The molecule has 1 saturated carbocycles. The first-order valence-electron chi connectivity index (χ1n) is 7.69. The van der Waals surface area contributed by atoms with Gasteiger partial charge in [0.25, 0.3) is 0 Å². The Balaban J connectivity index is 1.96. The Labute approximate surface area is 129 Å². The van der Waals surface area contributed by atoms with Crippen LogP contribution in [0.25, 0.3) is 0 Å². The Kier molecular flexibility index (Phi) is 5.16. The Hall–Kier alpha value is -1.91. The minimum atomic E-state index is -0.974. The first-order chi connectivity index (χ1) is 10.4. The van der Waals surface area contributed by atoms with E-state index in [0.29, 0.717) is 12.8 Å². The van der Waals surface area contributed by atoms with Gasteiger partial charge in [0.2, 0.25) is 5.91 Å². The molecule has 1 amide bonds. The smallest absolute Gasteiger partial charge is 0.326 e. The van der Waals surface area contributed by atoms with Crippen LogP contribution in [0.15, 0.2) is 24.3 Å². The fraction of sp³-hybridized carbons (Fsp3) is 0.529. The summed E-state index contributed by atoms with van der Waals surface area (Å²) in [6.45, 7) is 3.36. The van der Waals surface area contributed by atoms with Crippen molar-refractivity contribution >= 4 is 11.9 Å². The molecule has 1 aromatic rings. The maximum absolute atomic E-state index is 13.1. The first kappa shape index (κ1) is 16.5. The molecule has 0 spiro atoms. The molecule has 0 heterocycles.